The molecule has 3 aromatic rings. The molecule has 0 fully saturated rings. The molecule has 0 aliphatic heterocycles. The molecule has 0 bridgehead atoms. The van der Waals surface area contributed by atoms with E-state index in [1.54, 1.807) is 13.0 Å². The molecule has 0 unspecified atom stereocenters. The Hall–Kier alpha value is -3.14. The SMILES string of the molecule is CCOC(=O)n1nc(NC(=O)c2ccco2)c2cc(C(=O)O)sc21. The average Bonchev–Trinajstić information content (AvgIpc) is 3.24. The van der Waals surface area contributed by atoms with Crippen LogP contribution in [0.4, 0.5) is 10.6 Å². The number of aromatic nitrogens is 2. The van der Waals surface area contributed by atoms with Crippen LogP contribution in [0.15, 0.2) is 28.9 Å². The lowest BCUT2D eigenvalue weighted by Gasteiger charge is -2.01. The van der Waals surface area contributed by atoms with Crippen molar-refractivity contribution in [2.75, 3.05) is 11.9 Å². The van der Waals surface area contributed by atoms with Gasteiger partial charge in [-0.05, 0) is 25.1 Å². The van der Waals surface area contributed by atoms with E-state index in [1.165, 1.54) is 18.4 Å². The van der Waals surface area contributed by atoms with Gasteiger partial charge in [-0.15, -0.1) is 16.4 Å². The van der Waals surface area contributed by atoms with E-state index in [2.05, 4.69) is 10.4 Å². The summed E-state index contributed by atoms with van der Waals surface area (Å²) in [7, 11) is 0. The summed E-state index contributed by atoms with van der Waals surface area (Å²) in [4.78, 5) is 35.5. The summed E-state index contributed by atoms with van der Waals surface area (Å²) in [5, 5.41) is 15.9. The number of nitrogens with zero attached hydrogens (tertiary/aromatic N) is 2. The van der Waals surface area contributed by atoms with Crippen LogP contribution in [-0.4, -0.2) is 39.5 Å². The lowest BCUT2D eigenvalue weighted by atomic mass is 10.3. The number of nitrogens with one attached hydrogen (secondary N) is 1. The second kappa shape index (κ2) is 6.16. The maximum absolute atomic E-state index is 12.1. The summed E-state index contributed by atoms with van der Waals surface area (Å²) in [5.74, 6) is -1.61. The number of carboxylic acids is 1. The molecule has 3 rings (SSSR count). The molecule has 2 N–H and O–H groups in total. The fourth-order valence-corrected chi connectivity index (χ4v) is 2.93. The van der Waals surface area contributed by atoms with E-state index in [4.69, 9.17) is 14.3 Å². The Bertz CT molecular complexity index is 924. The van der Waals surface area contributed by atoms with Gasteiger partial charge in [0.2, 0.25) is 0 Å². The van der Waals surface area contributed by atoms with Crippen LogP contribution in [0.25, 0.3) is 10.2 Å². The number of thiophene rings is 1. The van der Waals surface area contributed by atoms with Crippen molar-refractivity contribution < 1.29 is 28.6 Å². The maximum Gasteiger partial charge on any atom is 0.436 e. The van der Waals surface area contributed by atoms with Gasteiger partial charge in [0.15, 0.2) is 11.6 Å². The van der Waals surface area contributed by atoms with Crippen LogP contribution in [0.2, 0.25) is 0 Å². The second-order valence-corrected chi connectivity index (χ2v) is 5.56. The first-order chi connectivity index (χ1) is 11.5. The van der Waals surface area contributed by atoms with Crippen LogP contribution in [-0.2, 0) is 4.74 Å². The minimum atomic E-state index is -1.14. The zero-order chi connectivity index (χ0) is 17.3. The Labute approximate surface area is 138 Å². The molecule has 0 atom stereocenters. The topological polar surface area (TPSA) is 124 Å². The molecule has 0 saturated heterocycles. The largest absolute Gasteiger partial charge is 0.477 e. The fourth-order valence-electron chi connectivity index (χ4n) is 1.99. The van der Waals surface area contributed by atoms with Gasteiger partial charge in [0.05, 0.1) is 18.3 Å². The smallest absolute Gasteiger partial charge is 0.436 e. The molecule has 0 radical (unpaired) electrons. The predicted octanol–water partition coefficient (Wildman–Crippen LogP) is 2.65. The lowest BCUT2D eigenvalue weighted by molar-refractivity contribution is 0.0702. The highest BCUT2D eigenvalue weighted by Gasteiger charge is 2.23. The van der Waals surface area contributed by atoms with E-state index in [1.807, 2.05) is 0 Å². The molecular formula is C14H11N3O6S. The average molecular weight is 349 g/mol. The molecule has 0 saturated carbocycles. The first-order valence-electron chi connectivity index (χ1n) is 6.79. The van der Waals surface area contributed by atoms with Crippen LogP contribution >= 0.6 is 11.3 Å². The molecule has 1 amide bonds. The highest BCUT2D eigenvalue weighted by molar-refractivity contribution is 7.20. The van der Waals surface area contributed by atoms with Gasteiger partial charge in [-0.2, -0.15) is 4.68 Å². The molecule has 0 aliphatic carbocycles. The van der Waals surface area contributed by atoms with Gasteiger partial charge < -0.3 is 19.6 Å². The first-order valence-corrected chi connectivity index (χ1v) is 7.60. The normalized spacial score (nSPS) is 10.7. The number of ether oxygens (including phenoxy) is 1. The molecule has 0 aliphatic rings. The Balaban J connectivity index is 2.04. The van der Waals surface area contributed by atoms with Gasteiger partial charge in [-0.3, -0.25) is 4.79 Å². The number of rotatable bonds is 4. The third-order valence-electron chi connectivity index (χ3n) is 2.99. The molecule has 24 heavy (non-hydrogen) atoms. The van der Waals surface area contributed by atoms with Crippen LogP contribution < -0.4 is 5.32 Å². The zero-order valence-corrected chi connectivity index (χ0v) is 13.1. The van der Waals surface area contributed by atoms with Gasteiger partial charge >= 0.3 is 12.1 Å². The summed E-state index contributed by atoms with van der Waals surface area (Å²) in [5.41, 5.74) is 0. The Morgan fingerprint density at radius 2 is 2.25 bits per heavy atom. The first kappa shape index (κ1) is 15.7. The van der Waals surface area contributed by atoms with Gasteiger partial charge in [-0.25, -0.2) is 9.59 Å². The number of fused-ring (bicyclic) bond motifs is 1. The number of amides is 1. The number of carbonyl (C=O) groups is 3. The van der Waals surface area contributed by atoms with Crippen LogP contribution in [0.5, 0.6) is 0 Å². The zero-order valence-electron chi connectivity index (χ0n) is 12.3. The van der Waals surface area contributed by atoms with Crippen LogP contribution in [0.3, 0.4) is 0 Å². The fraction of sp³-hybridized carbons (Fsp3) is 0.143. The van der Waals surface area contributed by atoms with Gasteiger partial charge in [0, 0.05) is 0 Å². The number of aromatic carboxylic acids is 1. The molecule has 9 nitrogen and oxygen atoms in total. The lowest BCUT2D eigenvalue weighted by Crippen LogP contribution is -2.16. The Morgan fingerprint density at radius 1 is 1.46 bits per heavy atom. The summed E-state index contributed by atoms with van der Waals surface area (Å²) >= 11 is 0.857. The number of hydrogen-bond donors (Lipinski definition) is 2. The van der Waals surface area contributed by atoms with E-state index in [0.29, 0.717) is 5.39 Å². The minimum Gasteiger partial charge on any atom is -0.477 e. The highest BCUT2D eigenvalue weighted by atomic mass is 32.1. The van der Waals surface area contributed by atoms with E-state index in [9.17, 15) is 14.4 Å². The van der Waals surface area contributed by atoms with Crippen molar-refractivity contribution >= 4 is 45.3 Å². The predicted molar refractivity (Wildman–Crippen MR) is 83.7 cm³/mol. The van der Waals surface area contributed by atoms with Crippen molar-refractivity contribution in [3.63, 3.8) is 0 Å². The van der Waals surface area contributed by atoms with Crippen molar-refractivity contribution in [2.45, 2.75) is 6.92 Å². The summed E-state index contributed by atoms with van der Waals surface area (Å²) in [6, 6.07) is 4.35. The Morgan fingerprint density at radius 3 is 2.88 bits per heavy atom. The minimum absolute atomic E-state index is 0.00828. The van der Waals surface area contributed by atoms with Crippen LogP contribution in [0, 0.1) is 0 Å². The Kier molecular flexibility index (Phi) is 4.04. The summed E-state index contributed by atoms with van der Waals surface area (Å²) in [6.07, 6.45) is 0.578. The number of carboxylic acid groups (broad SMARTS) is 1. The van der Waals surface area contributed by atoms with Crippen molar-refractivity contribution in [3.8, 4) is 0 Å². The molecule has 10 heteroatoms. The number of anilines is 1. The summed E-state index contributed by atoms with van der Waals surface area (Å²) in [6.45, 7) is 1.76. The number of furan rings is 1. The van der Waals surface area contributed by atoms with Crippen molar-refractivity contribution in [3.05, 3.63) is 35.1 Å². The third-order valence-corrected chi connectivity index (χ3v) is 4.09. The van der Waals surface area contributed by atoms with E-state index in [-0.39, 0.29) is 27.9 Å². The standard InChI is InChI=1S/C14H11N3O6S/c1-2-22-14(21)17-12-7(6-9(24-12)13(19)20)10(16-17)15-11(18)8-4-3-5-23-8/h3-6H,2H2,1H3,(H,19,20)(H,15,16,18). The van der Waals surface area contributed by atoms with Gasteiger partial charge in [-0.1, -0.05) is 0 Å². The molecule has 3 heterocycles. The van der Waals surface area contributed by atoms with Crippen LogP contribution in [0.1, 0.15) is 27.2 Å². The second-order valence-electron chi connectivity index (χ2n) is 4.53. The van der Waals surface area contributed by atoms with Crippen molar-refractivity contribution in [1.29, 1.82) is 0 Å². The molecule has 3 aromatic heterocycles. The van der Waals surface area contributed by atoms with E-state index < -0.39 is 18.0 Å². The number of carbonyl (C=O) groups excluding carboxylic acids is 2. The molecule has 124 valence electrons. The quantitative estimate of drug-likeness (QED) is 0.742. The summed E-state index contributed by atoms with van der Waals surface area (Å²) < 4.78 is 10.8. The molecular weight excluding hydrogens is 338 g/mol. The maximum atomic E-state index is 12.1. The van der Waals surface area contributed by atoms with Crippen molar-refractivity contribution in [2.24, 2.45) is 0 Å². The van der Waals surface area contributed by atoms with E-state index >= 15 is 0 Å². The van der Waals surface area contributed by atoms with Gasteiger partial charge in [0.1, 0.15) is 9.71 Å². The third kappa shape index (κ3) is 2.74. The van der Waals surface area contributed by atoms with Crippen molar-refractivity contribution in [1.82, 2.24) is 9.78 Å². The molecule has 0 spiro atoms. The van der Waals surface area contributed by atoms with E-state index in [0.717, 1.165) is 16.0 Å². The monoisotopic (exact) mass is 349 g/mol. The van der Waals surface area contributed by atoms with Gasteiger partial charge in [0.25, 0.3) is 5.91 Å². The molecule has 0 aromatic carbocycles. The number of hydrogen-bond acceptors (Lipinski definition) is 7. The highest BCUT2D eigenvalue weighted by Crippen LogP contribution is 2.32.